The van der Waals surface area contributed by atoms with E-state index >= 15 is 0 Å². The van der Waals surface area contributed by atoms with Crippen LogP contribution in [0.4, 0.5) is 0 Å². The smallest absolute Gasteiger partial charge is 0.225 e. The van der Waals surface area contributed by atoms with Crippen LogP contribution in [0.25, 0.3) is 11.3 Å². The normalized spacial score (nSPS) is 15.5. The zero-order chi connectivity index (χ0) is 19.2. The molecular weight excluding hydrogens is 336 g/mol. The number of carbonyl (C=O) groups excluding carboxylic acids is 1. The average molecular weight is 358 g/mol. The molecule has 4 heteroatoms. The van der Waals surface area contributed by atoms with Crippen molar-refractivity contribution in [2.75, 3.05) is 0 Å². The number of hydrogen-bond acceptors (Lipinski definition) is 4. The lowest BCUT2D eigenvalue weighted by atomic mass is 9.72. The topological polar surface area (TPSA) is 52.1 Å². The first kappa shape index (κ1) is 17.4. The van der Waals surface area contributed by atoms with Gasteiger partial charge in [0.25, 0.3) is 0 Å². The Balaban J connectivity index is 1.83. The lowest BCUT2D eigenvalue weighted by molar-refractivity contribution is 0.112. The highest BCUT2D eigenvalue weighted by molar-refractivity contribution is 5.76. The average Bonchev–Trinajstić information content (AvgIpc) is 2.64. The summed E-state index contributed by atoms with van der Waals surface area (Å²) in [5.74, 6) is 1.41. The fourth-order valence-electron chi connectivity index (χ4n) is 3.68. The van der Waals surface area contributed by atoms with Crippen molar-refractivity contribution in [1.82, 2.24) is 9.97 Å². The molecule has 2 aromatic heterocycles. The monoisotopic (exact) mass is 358 g/mol. The van der Waals surface area contributed by atoms with Crippen molar-refractivity contribution in [3.05, 3.63) is 70.9 Å². The van der Waals surface area contributed by atoms with Gasteiger partial charge in [-0.15, -0.1) is 0 Å². The van der Waals surface area contributed by atoms with Gasteiger partial charge in [-0.05, 0) is 24.5 Å². The fraction of sp³-hybridized carbons (Fsp3) is 0.261. The summed E-state index contributed by atoms with van der Waals surface area (Å²) in [4.78, 5) is 20.3. The number of rotatable bonds is 2. The van der Waals surface area contributed by atoms with Crippen LogP contribution in [-0.4, -0.2) is 16.3 Å². The highest BCUT2D eigenvalue weighted by Crippen LogP contribution is 2.50. The number of carbonyl (C=O) groups is 1. The summed E-state index contributed by atoms with van der Waals surface area (Å²) in [6.07, 6.45) is 0.839. The molecule has 0 bridgehead atoms. The third-order valence-corrected chi connectivity index (χ3v) is 4.94. The lowest BCUT2D eigenvalue weighted by Gasteiger charge is -2.36. The number of pyridine rings is 2. The quantitative estimate of drug-likeness (QED) is 0.564. The minimum atomic E-state index is -0.000969. The zero-order valence-electron chi connectivity index (χ0n) is 16.0. The van der Waals surface area contributed by atoms with Crippen molar-refractivity contribution in [2.24, 2.45) is 5.41 Å². The van der Waals surface area contributed by atoms with Crippen LogP contribution < -0.4 is 4.74 Å². The zero-order valence-corrected chi connectivity index (χ0v) is 16.0. The molecule has 0 N–H and O–H groups in total. The molecule has 0 aliphatic carbocycles. The Morgan fingerprint density at radius 2 is 1.52 bits per heavy atom. The van der Waals surface area contributed by atoms with Gasteiger partial charge in [0.2, 0.25) is 11.8 Å². The van der Waals surface area contributed by atoms with E-state index in [1.54, 1.807) is 12.1 Å². The van der Waals surface area contributed by atoms with E-state index in [1.165, 1.54) is 0 Å². The minimum Gasteiger partial charge on any atom is -0.420 e. The maximum Gasteiger partial charge on any atom is 0.225 e. The van der Waals surface area contributed by atoms with Crippen LogP contribution in [0, 0.1) is 12.3 Å². The number of benzene rings is 1. The molecule has 0 saturated carbocycles. The molecule has 136 valence electrons. The number of aryl methyl sites for hydroxylation is 1. The van der Waals surface area contributed by atoms with Crippen molar-refractivity contribution >= 4 is 6.29 Å². The molecule has 0 radical (unpaired) electrons. The van der Waals surface area contributed by atoms with Gasteiger partial charge >= 0.3 is 0 Å². The van der Waals surface area contributed by atoms with Gasteiger partial charge in [-0.2, -0.15) is 0 Å². The van der Waals surface area contributed by atoms with Crippen molar-refractivity contribution in [1.29, 1.82) is 0 Å². The highest BCUT2D eigenvalue weighted by atomic mass is 16.5. The van der Waals surface area contributed by atoms with Crippen molar-refractivity contribution < 1.29 is 9.53 Å². The van der Waals surface area contributed by atoms with Crippen LogP contribution in [0.15, 0.2) is 48.5 Å². The summed E-state index contributed by atoms with van der Waals surface area (Å²) in [6, 6.07) is 15.7. The van der Waals surface area contributed by atoms with Gasteiger partial charge in [-0.25, -0.2) is 9.97 Å². The molecular formula is C23H22N2O2. The first-order chi connectivity index (χ1) is 12.9. The van der Waals surface area contributed by atoms with Crippen molar-refractivity contribution in [2.45, 2.75) is 33.6 Å². The largest absolute Gasteiger partial charge is 0.420 e. The molecule has 3 heterocycles. The molecule has 1 unspecified atom stereocenters. The second-order valence-corrected chi connectivity index (χ2v) is 8.08. The molecule has 4 rings (SSSR count). The van der Waals surface area contributed by atoms with Gasteiger partial charge in [-0.3, -0.25) is 4.79 Å². The van der Waals surface area contributed by atoms with Crippen molar-refractivity contribution in [3.63, 3.8) is 0 Å². The number of nitrogens with zero attached hydrogens (tertiary/aromatic N) is 2. The Kier molecular flexibility index (Phi) is 4.06. The maximum atomic E-state index is 10.9. The van der Waals surface area contributed by atoms with E-state index in [0.29, 0.717) is 17.3 Å². The summed E-state index contributed by atoms with van der Waals surface area (Å²) >= 11 is 0. The van der Waals surface area contributed by atoms with Crippen LogP contribution in [0.3, 0.4) is 0 Å². The first-order valence-electron chi connectivity index (χ1n) is 9.09. The van der Waals surface area contributed by atoms with E-state index in [0.717, 1.165) is 34.4 Å². The third kappa shape index (κ3) is 3.12. The van der Waals surface area contributed by atoms with E-state index < -0.39 is 0 Å². The number of aromatic nitrogens is 2. The van der Waals surface area contributed by atoms with E-state index in [4.69, 9.17) is 9.72 Å². The van der Waals surface area contributed by atoms with E-state index in [9.17, 15) is 4.79 Å². The fourth-order valence-corrected chi connectivity index (χ4v) is 3.68. The van der Waals surface area contributed by atoms with E-state index in [1.807, 2.05) is 31.2 Å². The minimum absolute atomic E-state index is 0.000969. The van der Waals surface area contributed by atoms with Crippen LogP contribution in [-0.2, 0) is 0 Å². The van der Waals surface area contributed by atoms with Crippen molar-refractivity contribution in [3.8, 4) is 23.0 Å². The second-order valence-electron chi connectivity index (χ2n) is 8.08. The second kappa shape index (κ2) is 6.31. The number of aldehydes is 1. The van der Waals surface area contributed by atoms with Gasteiger partial charge in [0.05, 0.1) is 5.69 Å². The number of ether oxygens (including phenoxy) is 1. The molecule has 0 amide bonds. The highest BCUT2D eigenvalue weighted by Gasteiger charge is 2.37. The molecule has 1 aliphatic rings. The maximum absolute atomic E-state index is 10.9. The van der Waals surface area contributed by atoms with Gasteiger partial charge in [0, 0.05) is 33.9 Å². The van der Waals surface area contributed by atoms with Crippen LogP contribution in [0.5, 0.6) is 11.8 Å². The predicted octanol–water partition coefficient (Wildman–Crippen LogP) is 5.55. The third-order valence-electron chi connectivity index (χ3n) is 4.94. The summed E-state index contributed by atoms with van der Waals surface area (Å²) < 4.78 is 6.11. The Labute approximate surface area is 159 Å². The van der Waals surface area contributed by atoms with Gasteiger partial charge < -0.3 is 4.74 Å². The van der Waals surface area contributed by atoms with Gasteiger partial charge in [0.1, 0.15) is 6.29 Å². The standard InChI is InChI=1S/C23H22N2O2/c1-14-5-10-17-20(23(2,3)4)18-11-12-19(25-22(18)27-21(17)24-14)16-8-6-15(13-26)7-9-16/h5-13,20H,1-4H3. The Morgan fingerprint density at radius 1 is 0.889 bits per heavy atom. The molecule has 3 aromatic rings. The lowest BCUT2D eigenvalue weighted by Crippen LogP contribution is -2.24. The Morgan fingerprint density at radius 3 is 2.15 bits per heavy atom. The molecule has 0 spiro atoms. The van der Waals surface area contributed by atoms with Crippen LogP contribution >= 0.6 is 0 Å². The SMILES string of the molecule is Cc1ccc2c(n1)Oc1nc(-c3ccc(C=O)cc3)ccc1C2C(C)(C)C. The molecule has 4 nitrogen and oxygen atoms in total. The molecule has 0 saturated heterocycles. The van der Waals surface area contributed by atoms with Crippen LogP contribution in [0.1, 0.15) is 53.9 Å². The van der Waals surface area contributed by atoms with E-state index in [2.05, 4.69) is 37.9 Å². The predicted molar refractivity (Wildman–Crippen MR) is 105 cm³/mol. The summed E-state index contributed by atoms with van der Waals surface area (Å²) in [5, 5.41) is 0. The van der Waals surface area contributed by atoms with E-state index in [-0.39, 0.29) is 11.3 Å². The number of hydrogen-bond donors (Lipinski definition) is 0. The molecule has 0 fully saturated rings. The molecule has 1 aromatic carbocycles. The van der Waals surface area contributed by atoms with Gasteiger partial charge in [-0.1, -0.05) is 57.2 Å². The summed E-state index contributed by atoms with van der Waals surface area (Å²) in [7, 11) is 0. The molecule has 27 heavy (non-hydrogen) atoms. The molecule has 1 aliphatic heterocycles. The number of fused-ring (bicyclic) bond motifs is 2. The Bertz CT molecular complexity index is 1020. The first-order valence-corrected chi connectivity index (χ1v) is 9.09. The summed E-state index contributed by atoms with van der Waals surface area (Å²) in [5.41, 5.74) is 5.51. The summed E-state index contributed by atoms with van der Waals surface area (Å²) in [6.45, 7) is 8.64. The molecule has 1 atom stereocenters. The Hall–Kier alpha value is -3.01. The van der Waals surface area contributed by atoms with Gasteiger partial charge in [0.15, 0.2) is 0 Å². The van der Waals surface area contributed by atoms with Crippen LogP contribution in [0.2, 0.25) is 0 Å².